The van der Waals surface area contributed by atoms with Gasteiger partial charge in [-0.2, -0.15) is 0 Å². The Labute approximate surface area is 96.1 Å². The first kappa shape index (κ1) is 10.9. The average Bonchev–Trinajstić information content (AvgIpc) is 2.33. The van der Waals surface area contributed by atoms with Crippen molar-refractivity contribution in [2.75, 3.05) is 5.32 Å². The van der Waals surface area contributed by atoms with E-state index in [0.717, 1.165) is 12.4 Å². The molecule has 1 aromatic carbocycles. The highest BCUT2D eigenvalue weighted by atomic mass is 15.2. The number of benzene rings is 1. The molecule has 1 aromatic heterocycles. The van der Waals surface area contributed by atoms with Crippen LogP contribution in [-0.2, 0) is 7.05 Å². The summed E-state index contributed by atoms with van der Waals surface area (Å²) in [6.45, 7) is 4.33. The number of anilines is 1. The third-order valence-electron chi connectivity index (χ3n) is 2.93. The Hall–Kier alpha value is -1.64. The van der Waals surface area contributed by atoms with E-state index in [1.54, 1.807) is 0 Å². The molecular weight excluding hydrogens is 198 g/mol. The molecule has 2 aromatic rings. The predicted molar refractivity (Wildman–Crippen MR) is 66.3 cm³/mol. The topological polar surface area (TPSA) is 28.8 Å². The minimum Gasteiger partial charge on any atom is -0.272 e. The fraction of sp³-hybridized carbons (Fsp3) is 0.385. The van der Waals surface area contributed by atoms with Gasteiger partial charge in [-0.1, -0.05) is 24.0 Å². The van der Waals surface area contributed by atoms with Crippen molar-refractivity contribution >= 4 is 16.9 Å². The van der Waals surface area contributed by atoms with Crippen molar-refractivity contribution < 1.29 is 4.57 Å². The van der Waals surface area contributed by atoms with E-state index in [1.165, 1.54) is 10.9 Å². The van der Waals surface area contributed by atoms with Crippen LogP contribution in [0.25, 0.3) is 10.9 Å². The molecule has 0 aliphatic rings. The maximum atomic E-state index is 4.45. The number of rotatable bonds is 3. The molecule has 0 aliphatic heterocycles. The first-order valence-electron chi connectivity index (χ1n) is 5.72. The van der Waals surface area contributed by atoms with Crippen molar-refractivity contribution in [3.05, 3.63) is 30.5 Å². The van der Waals surface area contributed by atoms with E-state index in [1.807, 2.05) is 19.3 Å². The Morgan fingerprint density at radius 2 is 2.12 bits per heavy atom. The Kier molecular flexibility index (Phi) is 3.04. The summed E-state index contributed by atoms with van der Waals surface area (Å²) in [6.07, 6.45) is 3.01. The number of nitrogens with zero attached hydrogens (tertiary/aromatic N) is 2. The molecule has 0 amide bonds. The lowest BCUT2D eigenvalue weighted by molar-refractivity contribution is -0.633. The lowest BCUT2D eigenvalue weighted by Gasteiger charge is -2.09. The van der Waals surface area contributed by atoms with E-state index in [2.05, 4.69) is 46.9 Å². The van der Waals surface area contributed by atoms with Gasteiger partial charge in [-0.15, -0.1) is 0 Å². The van der Waals surface area contributed by atoms with Gasteiger partial charge in [0, 0.05) is 5.39 Å². The van der Waals surface area contributed by atoms with E-state index < -0.39 is 0 Å². The minimum atomic E-state index is 0.444. The van der Waals surface area contributed by atoms with Crippen LogP contribution in [0.15, 0.2) is 30.5 Å². The van der Waals surface area contributed by atoms with Crippen LogP contribution in [0.2, 0.25) is 0 Å². The summed E-state index contributed by atoms with van der Waals surface area (Å²) in [5.74, 6) is 0.924. The second-order valence-corrected chi connectivity index (χ2v) is 4.15. The zero-order valence-corrected chi connectivity index (χ0v) is 10.1. The lowest BCUT2D eigenvalue weighted by atomic mass is 10.2. The van der Waals surface area contributed by atoms with Crippen molar-refractivity contribution in [3.8, 4) is 0 Å². The van der Waals surface area contributed by atoms with Gasteiger partial charge in [0.15, 0.2) is 0 Å². The molecule has 3 heteroatoms. The molecule has 0 radical (unpaired) electrons. The number of fused-ring (bicyclic) bond motifs is 1. The van der Waals surface area contributed by atoms with Gasteiger partial charge in [-0.05, 0) is 25.5 Å². The van der Waals surface area contributed by atoms with E-state index >= 15 is 0 Å². The quantitative estimate of drug-likeness (QED) is 0.797. The minimum absolute atomic E-state index is 0.444. The fourth-order valence-corrected chi connectivity index (χ4v) is 1.69. The molecule has 0 fully saturated rings. The van der Waals surface area contributed by atoms with Gasteiger partial charge in [0.2, 0.25) is 0 Å². The molecule has 1 unspecified atom stereocenters. The molecule has 1 heterocycles. The first-order valence-corrected chi connectivity index (χ1v) is 5.72. The maximum Gasteiger partial charge on any atom is 0.392 e. The van der Waals surface area contributed by atoms with Crippen LogP contribution >= 0.6 is 0 Å². The van der Waals surface area contributed by atoms with Gasteiger partial charge >= 0.3 is 5.95 Å². The smallest absolute Gasteiger partial charge is 0.272 e. The van der Waals surface area contributed by atoms with Gasteiger partial charge in [0.1, 0.15) is 11.7 Å². The summed E-state index contributed by atoms with van der Waals surface area (Å²) < 4.78 is 2.10. The van der Waals surface area contributed by atoms with Crippen molar-refractivity contribution in [1.82, 2.24) is 4.98 Å². The second kappa shape index (κ2) is 4.47. The number of para-hydroxylation sites is 1. The fourth-order valence-electron chi connectivity index (χ4n) is 1.69. The molecule has 0 spiro atoms. The van der Waals surface area contributed by atoms with E-state index in [-0.39, 0.29) is 0 Å². The Balaban J connectivity index is 2.44. The summed E-state index contributed by atoms with van der Waals surface area (Å²) >= 11 is 0. The second-order valence-electron chi connectivity index (χ2n) is 4.15. The highest BCUT2D eigenvalue weighted by Crippen LogP contribution is 2.10. The highest BCUT2D eigenvalue weighted by Gasteiger charge is 2.13. The molecule has 1 atom stereocenters. The molecule has 0 bridgehead atoms. The molecule has 16 heavy (non-hydrogen) atoms. The molecule has 0 saturated heterocycles. The van der Waals surface area contributed by atoms with Crippen LogP contribution < -0.4 is 9.88 Å². The molecule has 1 N–H and O–H groups in total. The van der Waals surface area contributed by atoms with Crippen LogP contribution in [0.3, 0.4) is 0 Å². The van der Waals surface area contributed by atoms with Crippen LogP contribution in [0.1, 0.15) is 20.3 Å². The van der Waals surface area contributed by atoms with E-state index in [4.69, 9.17) is 0 Å². The van der Waals surface area contributed by atoms with Gasteiger partial charge in [0.05, 0.1) is 13.1 Å². The molecule has 2 rings (SSSR count). The average molecular weight is 216 g/mol. The standard InChI is InChI=1S/C13H17N3/c1-4-10(2)15-13-14-9-11-7-5-6-8-12(11)16(13)3/h5-10H,4H2,1-3H3/p+1. The Morgan fingerprint density at radius 3 is 2.88 bits per heavy atom. The van der Waals surface area contributed by atoms with Gasteiger partial charge in [-0.25, -0.2) is 4.57 Å². The summed E-state index contributed by atoms with van der Waals surface area (Å²) in [4.78, 5) is 4.45. The van der Waals surface area contributed by atoms with Crippen LogP contribution in [0.4, 0.5) is 5.95 Å². The Morgan fingerprint density at radius 1 is 1.38 bits per heavy atom. The number of nitrogens with one attached hydrogen (secondary N) is 1. The van der Waals surface area contributed by atoms with Crippen molar-refractivity contribution in [2.45, 2.75) is 26.3 Å². The summed E-state index contributed by atoms with van der Waals surface area (Å²) in [5, 5.41) is 4.57. The van der Waals surface area contributed by atoms with Gasteiger partial charge in [-0.3, -0.25) is 5.32 Å². The third-order valence-corrected chi connectivity index (χ3v) is 2.93. The lowest BCUT2D eigenvalue weighted by Crippen LogP contribution is -2.36. The van der Waals surface area contributed by atoms with Crippen LogP contribution in [0.5, 0.6) is 0 Å². The maximum absolute atomic E-state index is 4.45. The van der Waals surface area contributed by atoms with Gasteiger partial charge < -0.3 is 0 Å². The van der Waals surface area contributed by atoms with Crippen molar-refractivity contribution in [3.63, 3.8) is 0 Å². The molecule has 0 saturated carbocycles. The summed E-state index contributed by atoms with van der Waals surface area (Å²) in [6, 6.07) is 8.72. The van der Waals surface area contributed by atoms with E-state index in [9.17, 15) is 0 Å². The summed E-state index contributed by atoms with van der Waals surface area (Å²) in [7, 11) is 2.04. The monoisotopic (exact) mass is 216 g/mol. The third kappa shape index (κ3) is 1.98. The summed E-state index contributed by atoms with van der Waals surface area (Å²) in [5.41, 5.74) is 1.20. The van der Waals surface area contributed by atoms with E-state index in [0.29, 0.717) is 6.04 Å². The highest BCUT2D eigenvalue weighted by molar-refractivity contribution is 5.74. The zero-order valence-electron chi connectivity index (χ0n) is 10.1. The number of aromatic nitrogens is 2. The molecule has 84 valence electrons. The normalized spacial score (nSPS) is 12.7. The molecular formula is C13H18N3+. The number of hydrogen-bond acceptors (Lipinski definition) is 2. The van der Waals surface area contributed by atoms with Crippen LogP contribution in [-0.4, -0.2) is 11.0 Å². The van der Waals surface area contributed by atoms with Gasteiger partial charge in [0.25, 0.3) is 0 Å². The SMILES string of the molecule is CCC(C)Nc1ncc2ccccc2[n+]1C. The number of hydrogen-bond donors (Lipinski definition) is 1. The largest absolute Gasteiger partial charge is 0.392 e. The number of aryl methyl sites for hydroxylation is 1. The van der Waals surface area contributed by atoms with Crippen LogP contribution in [0, 0.1) is 0 Å². The van der Waals surface area contributed by atoms with Crippen molar-refractivity contribution in [2.24, 2.45) is 7.05 Å². The molecule has 0 aliphatic carbocycles. The zero-order chi connectivity index (χ0) is 11.5. The Bertz CT molecular complexity index is 494. The first-order chi connectivity index (χ1) is 7.72. The predicted octanol–water partition coefficient (Wildman–Crippen LogP) is 2.27. The van der Waals surface area contributed by atoms with Crippen molar-refractivity contribution in [1.29, 1.82) is 0 Å². The molecule has 3 nitrogen and oxygen atoms in total.